The van der Waals surface area contributed by atoms with E-state index in [2.05, 4.69) is 141 Å². The second kappa shape index (κ2) is 40.6. The predicted octanol–water partition coefficient (Wildman–Crippen LogP) is 20.2. The molecule has 0 amide bonds. The van der Waals surface area contributed by atoms with Gasteiger partial charge in [0.2, 0.25) is 0 Å². The maximum Gasteiger partial charge on any atom is 0.161 e. The number of carbonyl (C=O) groups excluding carboxylic acids is 6. The van der Waals surface area contributed by atoms with Crippen molar-refractivity contribution in [3.05, 3.63) is 70.9 Å². The first-order chi connectivity index (χ1) is 37.7. The number of hydrogen-bond acceptors (Lipinski definition) is 6. The van der Waals surface area contributed by atoms with Crippen molar-refractivity contribution in [2.24, 2.45) is 82.9 Å². The number of ketones is 6. The topological polar surface area (TPSA) is 102 Å². The lowest BCUT2D eigenvalue weighted by atomic mass is 9.71. The Morgan fingerprint density at radius 3 is 1.32 bits per heavy atom. The van der Waals surface area contributed by atoms with Crippen LogP contribution in [0.2, 0.25) is 0 Å². The van der Waals surface area contributed by atoms with Crippen molar-refractivity contribution in [2.75, 3.05) is 0 Å². The van der Waals surface area contributed by atoms with E-state index in [1.807, 2.05) is 19.9 Å². The van der Waals surface area contributed by atoms with Gasteiger partial charge in [-0.25, -0.2) is 0 Å². The van der Waals surface area contributed by atoms with Crippen LogP contribution >= 0.6 is 0 Å². The molecule has 6 aliphatic carbocycles. The zero-order valence-electron chi connectivity index (χ0n) is 54.4. The number of allylic oxidation sites excluding steroid dienone is 12. The van der Waals surface area contributed by atoms with Crippen LogP contribution < -0.4 is 0 Å². The molecular formula is C73H122O6. The zero-order chi connectivity index (χ0) is 59.8. The van der Waals surface area contributed by atoms with E-state index >= 15 is 0 Å². The molecule has 0 aliphatic heterocycles. The van der Waals surface area contributed by atoms with E-state index in [-0.39, 0.29) is 11.8 Å². The van der Waals surface area contributed by atoms with E-state index < -0.39 is 0 Å². The maximum atomic E-state index is 11.8. The lowest BCUT2D eigenvalue weighted by molar-refractivity contribution is -0.122. The van der Waals surface area contributed by atoms with E-state index in [0.29, 0.717) is 106 Å². The van der Waals surface area contributed by atoms with E-state index in [1.165, 1.54) is 115 Å². The Hall–Kier alpha value is -3.54. The molecule has 0 aromatic rings. The summed E-state index contributed by atoms with van der Waals surface area (Å²) in [4.78, 5) is 69.2. The zero-order valence-corrected chi connectivity index (χ0v) is 54.4. The molecule has 6 rings (SSSR count). The monoisotopic (exact) mass is 1090 g/mol. The fourth-order valence-corrected chi connectivity index (χ4v) is 14.0. The smallest absolute Gasteiger partial charge is 0.161 e. The summed E-state index contributed by atoms with van der Waals surface area (Å²) in [5.74, 6) is 9.81. The molecule has 0 spiro atoms. The third-order valence-corrected chi connectivity index (χ3v) is 19.2. The van der Waals surface area contributed by atoms with E-state index in [4.69, 9.17) is 0 Å². The molecule has 6 heteroatoms. The number of carbonyl (C=O) groups is 6. The minimum absolute atomic E-state index is 0.245. The quantitative estimate of drug-likeness (QED) is 0.128. The highest BCUT2D eigenvalue weighted by Gasteiger charge is 2.34. The van der Waals surface area contributed by atoms with Crippen LogP contribution in [-0.4, -0.2) is 34.7 Å². The van der Waals surface area contributed by atoms with Crippen molar-refractivity contribution in [3.63, 3.8) is 0 Å². The van der Waals surface area contributed by atoms with Gasteiger partial charge in [-0.1, -0.05) is 178 Å². The van der Waals surface area contributed by atoms with Crippen molar-refractivity contribution in [3.8, 4) is 0 Å². The molecule has 14 unspecified atom stereocenters. The Labute approximate surface area is 487 Å². The second-order valence-corrected chi connectivity index (χ2v) is 24.7. The average molecular weight is 1100 g/mol. The Morgan fingerprint density at radius 1 is 0.405 bits per heavy atom. The molecule has 79 heavy (non-hydrogen) atoms. The van der Waals surface area contributed by atoms with Gasteiger partial charge in [-0.05, 0) is 211 Å². The van der Waals surface area contributed by atoms with Crippen LogP contribution in [0.3, 0.4) is 0 Å². The van der Waals surface area contributed by atoms with Crippen LogP contribution in [0, 0.1) is 82.9 Å². The Bertz CT molecular complexity index is 2010. The van der Waals surface area contributed by atoms with Gasteiger partial charge < -0.3 is 0 Å². The molecule has 0 radical (unpaired) electrons. The van der Waals surface area contributed by atoms with Gasteiger partial charge in [-0.2, -0.15) is 0 Å². The van der Waals surface area contributed by atoms with Crippen molar-refractivity contribution in [1.29, 1.82) is 0 Å². The Balaban J connectivity index is 0.000000474. The lowest BCUT2D eigenvalue weighted by Crippen LogP contribution is -2.31. The lowest BCUT2D eigenvalue weighted by Gasteiger charge is -2.32. The first-order valence-electron chi connectivity index (χ1n) is 33.0. The minimum Gasteiger partial charge on any atom is -0.295 e. The van der Waals surface area contributed by atoms with Crippen LogP contribution in [0.1, 0.15) is 272 Å². The SMILES string of the molecule is CCCC1C(CC)C=CC(=O)C1C.CCCC1C(CC)C=CC(=O)C1CC.CCCC1CC(=O)C(C)=CC1CC.CCCC1CC(=O)C(CC)=CC1CC.CCCC1CC(=O)C=CC1CC.CCCC1CC(C)=C(C)C(=O)C1C. The molecule has 0 bridgehead atoms. The molecule has 0 heterocycles. The number of rotatable bonds is 19. The highest BCUT2D eigenvalue weighted by molar-refractivity contribution is 5.98. The minimum atomic E-state index is 0.245. The van der Waals surface area contributed by atoms with Crippen LogP contribution in [0.25, 0.3) is 0 Å². The van der Waals surface area contributed by atoms with E-state index in [0.717, 1.165) is 55.2 Å². The number of hydrogen-bond donors (Lipinski definition) is 0. The van der Waals surface area contributed by atoms with Crippen LogP contribution in [-0.2, 0) is 28.8 Å². The maximum absolute atomic E-state index is 11.8. The fraction of sp³-hybridized carbons (Fsp3) is 0.753. The summed E-state index contributed by atoms with van der Waals surface area (Å²) in [5.41, 5.74) is 4.38. The van der Waals surface area contributed by atoms with Gasteiger partial charge in [-0.15, -0.1) is 0 Å². The van der Waals surface area contributed by atoms with Gasteiger partial charge in [0.25, 0.3) is 0 Å². The first-order valence-corrected chi connectivity index (χ1v) is 33.0. The summed E-state index contributed by atoms with van der Waals surface area (Å²) in [7, 11) is 0. The van der Waals surface area contributed by atoms with Gasteiger partial charge >= 0.3 is 0 Å². The Kier molecular flexibility index (Phi) is 37.8. The summed E-state index contributed by atoms with van der Waals surface area (Å²) < 4.78 is 0. The number of Topliss-reactive ketones (excluding diaryl/α,β-unsaturated/α-hetero) is 3. The second-order valence-electron chi connectivity index (χ2n) is 24.7. The average Bonchev–Trinajstić information content (AvgIpc) is 3.43. The summed E-state index contributed by atoms with van der Waals surface area (Å²) >= 11 is 0. The van der Waals surface area contributed by atoms with Gasteiger partial charge in [-0.3, -0.25) is 28.8 Å². The summed E-state index contributed by atoms with van der Waals surface area (Å²) in [5, 5.41) is 0. The van der Waals surface area contributed by atoms with Crippen molar-refractivity contribution in [1.82, 2.24) is 0 Å². The molecule has 0 aromatic heterocycles. The fourth-order valence-electron chi connectivity index (χ4n) is 14.0. The molecule has 450 valence electrons. The van der Waals surface area contributed by atoms with Crippen molar-refractivity contribution >= 4 is 34.7 Å². The largest absolute Gasteiger partial charge is 0.295 e. The van der Waals surface area contributed by atoms with E-state index in [1.54, 1.807) is 12.2 Å². The summed E-state index contributed by atoms with van der Waals surface area (Å²) in [6.45, 7) is 38.7. The molecule has 0 fully saturated rings. The highest BCUT2D eigenvalue weighted by atomic mass is 16.1. The third kappa shape index (κ3) is 24.1. The highest BCUT2D eigenvalue weighted by Crippen LogP contribution is 2.38. The molecule has 6 nitrogen and oxygen atoms in total. The molecule has 0 aromatic carbocycles. The molecule has 14 atom stereocenters. The first kappa shape index (κ1) is 73.5. The molecule has 0 saturated heterocycles. The Morgan fingerprint density at radius 2 is 0.835 bits per heavy atom. The summed E-state index contributed by atoms with van der Waals surface area (Å²) in [6.07, 6.45) is 41.8. The predicted molar refractivity (Wildman–Crippen MR) is 338 cm³/mol. The third-order valence-electron chi connectivity index (χ3n) is 19.2. The van der Waals surface area contributed by atoms with Gasteiger partial charge in [0.15, 0.2) is 34.7 Å². The standard InChI is InChI=1S/2C13H22O.3C12H20O.C11H18O/c1-4-7-12-9-13(14)11(6-3)8-10(12)5-2;1-4-7-12-10(5-2)8-9-13(14)11(12)6-3;1-5-6-11-7-8(2)9(3)12(13)10(11)4;1-4-6-11-8-12(13)9(3)7-10(11)5-2;1-4-6-11-9(3)12(13)8-7-10(11)5-2;1-3-5-10-8-11(12)7-6-9(10)4-2/h8,10,12H,4-7,9H2,1-3H3;8-12H,4-7H2,1-3H3;10-11H,5-7H2,1-4H3;7,10-11H,4-6,8H2,1-3H3;7-11H,4-6H2,1-3H3;6-7,9-10H,3-5,8H2,1-2H3. The normalized spacial score (nSPS) is 30.3. The van der Waals surface area contributed by atoms with Gasteiger partial charge in [0.05, 0.1) is 0 Å². The molecule has 0 saturated carbocycles. The van der Waals surface area contributed by atoms with Crippen LogP contribution in [0.5, 0.6) is 0 Å². The summed E-state index contributed by atoms with van der Waals surface area (Å²) in [6, 6.07) is 0. The van der Waals surface area contributed by atoms with Crippen LogP contribution in [0.15, 0.2) is 70.9 Å². The van der Waals surface area contributed by atoms with Crippen LogP contribution in [0.4, 0.5) is 0 Å². The van der Waals surface area contributed by atoms with E-state index in [9.17, 15) is 28.8 Å². The van der Waals surface area contributed by atoms with Crippen molar-refractivity contribution in [2.45, 2.75) is 272 Å². The van der Waals surface area contributed by atoms with Gasteiger partial charge in [0, 0.05) is 37.0 Å². The van der Waals surface area contributed by atoms with Gasteiger partial charge in [0.1, 0.15) is 0 Å². The molecule has 6 aliphatic rings. The van der Waals surface area contributed by atoms with Crippen molar-refractivity contribution < 1.29 is 28.8 Å². The molecular weight excluding hydrogens is 973 g/mol. The molecule has 0 N–H and O–H groups in total.